The molecule has 0 unspecified atom stereocenters. The molecule has 25 heavy (non-hydrogen) atoms. The van der Waals surface area contributed by atoms with Crippen molar-refractivity contribution in [2.75, 3.05) is 5.32 Å². The molecule has 1 N–H and O–H groups in total. The second-order valence-electron chi connectivity index (χ2n) is 6.74. The zero-order chi connectivity index (χ0) is 17.7. The van der Waals surface area contributed by atoms with Crippen LogP contribution in [0.25, 0.3) is 16.6 Å². The lowest BCUT2D eigenvalue weighted by Gasteiger charge is -2.12. The monoisotopic (exact) mass is 334 g/mol. The third-order valence-corrected chi connectivity index (χ3v) is 4.48. The van der Waals surface area contributed by atoms with Gasteiger partial charge in [0, 0.05) is 17.5 Å². The van der Waals surface area contributed by atoms with Crippen molar-refractivity contribution in [1.29, 1.82) is 0 Å². The van der Waals surface area contributed by atoms with Crippen LogP contribution < -0.4 is 5.32 Å². The van der Waals surface area contributed by atoms with Crippen LogP contribution in [0.3, 0.4) is 0 Å². The number of para-hydroxylation sites is 1. The normalized spacial score (nSPS) is 11.8. The Morgan fingerprint density at radius 2 is 1.80 bits per heavy atom. The van der Waals surface area contributed by atoms with Gasteiger partial charge < -0.3 is 5.32 Å². The highest BCUT2D eigenvalue weighted by atomic mass is 15.3. The molecular weight excluding hydrogens is 312 g/mol. The molecule has 0 aliphatic heterocycles. The molecule has 0 atom stereocenters. The quantitative estimate of drug-likeness (QED) is 0.606. The molecule has 3 heterocycles. The fourth-order valence-corrected chi connectivity index (χ4v) is 3.34. The second kappa shape index (κ2) is 5.58. The Morgan fingerprint density at radius 3 is 2.52 bits per heavy atom. The van der Waals surface area contributed by atoms with Crippen LogP contribution in [0, 0.1) is 20.8 Å². The van der Waals surface area contributed by atoms with E-state index in [1.165, 1.54) is 0 Å². The summed E-state index contributed by atoms with van der Waals surface area (Å²) in [5.41, 5.74) is 5.94. The lowest BCUT2D eigenvalue weighted by molar-refractivity contribution is 0.516. The largest absolute Gasteiger partial charge is 0.337 e. The summed E-state index contributed by atoms with van der Waals surface area (Å²) in [5.74, 6) is 0.831. The SMILES string of the molecule is Cc1cc2nc(Nc3c(C)nn(C(C)C)c3C)c3ccccc3n2n1. The van der Waals surface area contributed by atoms with Crippen LogP contribution in [0.4, 0.5) is 11.5 Å². The Bertz CT molecular complexity index is 1090. The highest BCUT2D eigenvalue weighted by molar-refractivity contribution is 5.93. The number of benzene rings is 1. The Morgan fingerprint density at radius 1 is 1.04 bits per heavy atom. The number of aryl methyl sites for hydroxylation is 2. The summed E-state index contributed by atoms with van der Waals surface area (Å²) in [4.78, 5) is 4.81. The molecule has 0 aliphatic rings. The summed E-state index contributed by atoms with van der Waals surface area (Å²) in [7, 11) is 0. The predicted molar refractivity (Wildman–Crippen MR) is 101 cm³/mol. The van der Waals surface area contributed by atoms with Crippen molar-refractivity contribution in [2.24, 2.45) is 0 Å². The van der Waals surface area contributed by atoms with Gasteiger partial charge in [-0.25, -0.2) is 9.50 Å². The van der Waals surface area contributed by atoms with Gasteiger partial charge in [-0.2, -0.15) is 10.2 Å². The Balaban J connectivity index is 1.92. The first kappa shape index (κ1) is 15.6. The van der Waals surface area contributed by atoms with E-state index in [4.69, 9.17) is 4.98 Å². The van der Waals surface area contributed by atoms with E-state index in [9.17, 15) is 0 Å². The highest BCUT2D eigenvalue weighted by Gasteiger charge is 2.16. The van der Waals surface area contributed by atoms with Crippen LogP contribution in [-0.2, 0) is 0 Å². The van der Waals surface area contributed by atoms with Crippen molar-refractivity contribution in [3.05, 3.63) is 47.4 Å². The molecule has 0 radical (unpaired) electrons. The minimum Gasteiger partial charge on any atom is -0.337 e. The molecule has 4 aromatic rings. The number of hydrogen-bond donors (Lipinski definition) is 1. The van der Waals surface area contributed by atoms with Gasteiger partial charge in [0.2, 0.25) is 0 Å². The van der Waals surface area contributed by atoms with E-state index in [0.29, 0.717) is 6.04 Å². The average Bonchev–Trinajstić information content (AvgIpc) is 3.09. The zero-order valence-corrected chi connectivity index (χ0v) is 15.2. The van der Waals surface area contributed by atoms with Gasteiger partial charge in [0.15, 0.2) is 5.65 Å². The van der Waals surface area contributed by atoms with Crippen LogP contribution in [0.5, 0.6) is 0 Å². The van der Waals surface area contributed by atoms with E-state index in [-0.39, 0.29) is 0 Å². The molecule has 0 aliphatic carbocycles. The van der Waals surface area contributed by atoms with Crippen LogP contribution >= 0.6 is 0 Å². The van der Waals surface area contributed by atoms with Gasteiger partial charge in [0.05, 0.1) is 28.3 Å². The van der Waals surface area contributed by atoms with Crippen molar-refractivity contribution < 1.29 is 0 Å². The standard InChI is InChI=1S/C19H22N6/c1-11(2)24-14(5)18(13(4)23-24)21-19-15-8-6-7-9-16(15)25-17(20-19)10-12(3)22-25/h6-11H,1-5H3,(H,20,21). The smallest absolute Gasteiger partial charge is 0.158 e. The summed E-state index contributed by atoms with van der Waals surface area (Å²) in [6.45, 7) is 10.4. The summed E-state index contributed by atoms with van der Waals surface area (Å²) in [5, 5.41) is 13.8. The molecule has 0 bridgehead atoms. The number of rotatable bonds is 3. The molecule has 0 fully saturated rings. The summed E-state index contributed by atoms with van der Waals surface area (Å²) < 4.78 is 3.94. The van der Waals surface area contributed by atoms with Crippen LogP contribution in [-0.4, -0.2) is 24.4 Å². The number of nitrogens with zero attached hydrogens (tertiary/aromatic N) is 5. The van der Waals surface area contributed by atoms with E-state index in [0.717, 1.165) is 45.1 Å². The van der Waals surface area contributed by atoms with Crippen LogP contribution in [0.1, 0.15) is 37.0 Å². The predicted octanol–water partition coefficient (Wildman–Crippen LogP) is 4.33. The van der Waals surface area contributed by atoms with Gasteiger partial charge in [0.1, 0.15) is 5.82 Å². The number of fused-ring (bicyclic) bond motifs is 3. The molecule has 4 rings (SSSR count). The van der Waals surface area contributed by atoms with Gasteiger partial charge in [0.25, 0.3) is 0 Å². The van der Waals surface area contributed by atoms with Crippen molar-refractivity contribution in [3.8, 4) is 0 Å². The van der Waals surface area contributed by atoms with Gasteiger partial charge in [-0.15, -0.1) is 0 Å². The van der Waals surface area contributed by atoms with E-state index in [1.807, 2.05) is 41.2 Å². The Kier molecular flexibility index (Phi) is 3.49. The molecule has 1 aromatic carbocycles. The minimum absolute atomic E-state index is 0.318. The Hall–Kier alpha value is -2.89. The fourth-order valence-electron chi connectivity index (χ4n) is 3.34. The van der Waals surface area contributed by atoms with Crippen molar-refractivity contribution in [1.82, 2.24) is 24.4 Å². The first-order valence-electron chi connectivity index (χ1n) is 8.53. The van der Waals surface area contributed by atoms with E-state index < -0.39 is 0 Å². The summed E-state index contributed by atoms with van der Waals surface area (Å²) in [6.07, 6.45) is 0. The van der Waals surface area contributed by atoms with Crippen molar-refractivity contribution >= 4 is 28.1 Å². The third-order valence-electron chi connectivity index (χ3n) is 4.48. The second-order valence-corrected chi connectivity index (χ2v) is 6.74. The fraction of sp³-hybridized carbons (Fsp3) is 0.316. The highest BCUT2D eigenvalue weighted by Crippen LogP contribution is 2.30. The molecule has 128 valence electrons. The molecule has 0 saturated heterocycles. The van der Waals surface area contributed by atoms with E-state index in [1.54, 1.807) is 0 Å². The number of hydrogen-bond acceptors (Lipinski definition) is 4. The maximum atomic E-state index is 4.81. The molecule has 0 spiro atoms. The number of nitrogens with one attached hydrogen (secondary N) is 1. The number of anilines is 2. The molecule has 0 saturated carbocycles. The molecule has 6 nitrogen and oxygen atoms in total. The lowest BCUT2D eigenvalue weighted by atomic mass is 10.2. The summed E-state index contributed by atoms with van der Waals surface area (Å²) >= 11 is 0. The van der Waals surface area contributed by atoms with Gasteiger partial charge in [-0.3, -0.25) is 4.68 Å². The number of aromatic nitrogens is 5. The van der Waals surface area contributed by atoms with Crippen LogP contribution in [0.2, 0.25) is 0 Å². The van der Waals surface area contributed by atoms with Gasteiger partial charge in [-0.05, 0) is 46.8 Å². The van der Waals surface area contributed by atoms with Gasteiger partial charge >= 0.3 is 0 Å². The van der Waals surface area contributed by atoms with E-state index in [2.05, 4.69) is 48.4 Å². The summed E-state index contributed by atoms with van der Waals surface area (Å²) in [6, 6.07) is 10.5. The zero-order valence-electron chi connectivity index (χ0n) is 15.2. The first-order valence-corrected chi connectivity index (χ1v) is 8.53. The van der Waals surface area contributed by atoms with E-state index >= 15 is 0 Å². The minimum atomic E-state index is 0.318. The lowest BCUT2D eigenvalue weighted by Crippen LogP contribution is -2.05. The molecule has 3 aromatic heterocycles. The van der Waals surface area contributed by atoms with Crippen LogP contribution in [0.15, 0.2) is 30.3 Å². The average molecular weight is 334 g/mol. The van der Waals surface area contributed by atoms with Gasteiger partial charge in [-0.1, -0.05) is 12.1 Å². The molecular formula is C19H22N6. The maximum Gasteiger partial charge on any atom is 0.158 e. The third kappa shape index (κ3) is 2.45. The maximum absolute atomic E-state index is 4.81. The Labute approximate surface area is 146 Å². The van der Waals surface area contributed by atoms with Crippen molar-refractivity contribution in [2.45, 2.75) is 40.7 Å². The molecule has 6 heteroatoms. The topological polar surface area (TPSA) is 60.0 Å². The van der Waals surface area contributed by atoms with Crippen molar-refractivity contribution in [3.63, 3.8) is 0 Å². The first-order chi connectivity index (χ1) is 12.0. The molecule has 0 amide bonds.